The molecule has 0 bridgehead atoms. The Balaban J connectivity index is 0.000000365. The molecule has 0 radical (unpaired) electrons. The number of rotatable bonds is 6. The van der Waals surface area contributed by atoms with Crippen LogP contribution in [0.2, 0.25) is 0 Å². The molecule has 0 heterocycles. The Labute approximate surface area is 208 Å². The first kappa shape index (κ1) is 30.0. The number of carbonyl (C=O) groups is 1. The predicted octanol–water partition coefficient (Wildman–Crippen LogP) is 6.45. The van der Waals surface area contributed by atoms with Crippen LogP contribution in [0.25, 0.3) is 10.8 Å². The molecule has 1 amide bonds. The maximum atomic E-state index is 12.7. The number of nitrogens with zero attached hydrogens (tertiary/aromatic N) is 1. The molecule has 1 atom stereocenters. The van der Waals surface area contributed by atoms with Crippen LogP contribution in [0.1, 0.15) is 75.2 Å². The molecular formula is C28H46N2O3S. The van der Waals surface area contributed by atoms with Gasteiger partial charge in [-0.1, -0.05) is 58.9 Å². The highest BCUT2D eigenvalue weighted by Crippen LogP contribution is 2.34. The fourth-order valence-corrected chi connectivity index (χ4v) is 5.18. The number of sulfone groups is 1. The number of hydrogen-bond donors (Lipinski definition) is 1. The van der Waals surface area contributed by atoms with E-state index >= 15 is 0 Å². The van der Waals surface area contributed by atoms with Crippen molar-refractivity contribution in [3.8, 4) is 0 Å². The van der Waals surface area contributed by atoms with Gasteiger partial charge in [-0.15, -0.1) is 0 Å². The standard InChI is InChI=1S/C16H21NO2S.C12H25NO/c1-16(2,3)20(18,19)15-11-7-8-12-13(15)9-6-10-14(12)17(4)5;1-9(2)7-10(3)13-11(14)8-12(4,5)6/h6-11H,1-5H3;9-10H,7-8H2,1-6H3,(H,13,14). The lowest BCUT2D eigenvalue weighted by Crippen LogP contribution is -2.35. The zero-order valence-corrected chi connectivity index (χ0v) is 23.9. The van der Waals surface area contributed by atoms with E-state index < -0.39 is 14.6 Å². The van der Waals surface area contributed by atoms with Gasteiger partial charge in [0.15, 0.2) is 9.84 Å². The monoisotopic (exact) mass is 490 g/mol. The van der Waals surface area contributed by atoms with Crippen molar-refractivity contribution in [2.45, 2.75) is 90.8 Å². The summed E-state index contributed by atoms with van der Waals surface area (Å²) in [7, 11) is 0.552. The van der Waals surface area contributed by atoms with Crippen LogP contribution in [0.15, 0.2) is 41.3 Å². The first-order valence-electron chi connectivity index (χ1n) is 12.1. The summed E-state index contributed by atoms with van der Waals surface area (Å²) in [6.07, 6.45) is 1.66. The first-order chi connectivity index (χ1) is 15.4. The fraction of sp³-hybridized carbons (Fsp3) is 0.607. The molecule has 1 unspecified atom stereocenters. The van der Waals surface area contributed by atoms with E-state index in [4.69, 9.17) is 0 Å². The Morgan fingerprint density at radius 2 is 1.44 bits per heavy atom. The third kappa shape index (κ3) is 8.61. The number of amides is 1. The summed E-state index contributed by atoms with van der Waals surface area (Å²) < 4.78 is 24.7. The van der Waals surface area contributed by atoms with Gasteiger partial charge in [0.05, 0.1) is 9.64 Å². The van der Waals surface area contributed by atoms with Crippen molar-refractivity contribution >= 4 is 32.2 Å². The minimum absolute atomic E-state index is 0.0850. The highest BCUT2D eigenvalue weighted by atomic mass is 32.2. The zero-order chi connectivity index (χ0) is 26.5. The van der Waals surface area contributed by atoms with Crippen molar-refractivity contribution in [1.29, 1.82) is 0 Å². The molecule has 1 N–H and O–H groups in total. The number of anilines is 1. The average molecular weight is 491 g/mol. The van der Waals surface area contributed by atoms with Crippen LogP contribution in [0.5, 0.6) is 0 Å². The van der Waals surface area contributed by atoms with Crippen LogP contribution in [-0.2, 0) is 14.6 Å². The van der Waals surface area contributed by atoms with Gasteiger partial charge in [-0.3, -0.25) is 4.79 Å². The molecule has 2 aromatic carbocycles. The molecule has 0 spiro atoms. The van der Waals surface area contributed by atoms with Crippen molar-refractivity contribution in [2.75, 3.05) is 19.0 Å². The molecular weight excluding hydrogens is 444 g/mol. The molecule has 2 aromatic rings. The van der Waals surface area contributed by atoms with E-state index in [1.54, 1.807) is 26.8 Å². The van der Waals surface area contributed by atoms with Crippen molar-refractivity contribution in [3.63, 3.8) is 0 Å². The lowest BCUT2D eigenvalue weighted by molar-refractivity contribution is -0.123. The molecule has 5 nitrogen and oxygen atoms in total. The van der Waals surface area contributed by atoms with E-state index in [1.165, 1.54) is 0 Å². The van der Waals surface area contributed by atoms with Crippen LogP contribution >= 0.6 is 0 Å². The highest BCUT2D eigenvalue weighted by Gasteiger charge is 2.32. The Hall–Kier alpha value is -2.08. The third-order valence-corrected chi connectivity index (χ3v) is 7.91. The molecule has 0 aromatic heterocycles. The van der Waals surface area contributed by atoms with Gasteiger partial charge in [-0.05, 0) is 57.6 Å². The van der Waals surface area contributed by atoms with Gasteiger partial charge in [0.25, 0.3) is 0 Å². The second-order valence-electron chi connectivity index (χ2n) is 12.0. The average Bonchev–Trinajstić information content (AvgIpc) is 2.64. The predicted molar refractivity (Wildman–Crippen MR) is 146 cm³/mol. The minimum atomic E-state index is -3.36. The van der Waals surface area contributed by atoms with E-state index in [1.807, 2.05) is 49.3 Å². The smallest absolute Gasteiger partial charge is 0.220 e. The number of fused-ring (bicyclic) bond motifs is 1. The summed E-state index contributed by atoms with van der Waals surface area (Å²) >= 11 is 0. The fourth-order valence-electron chi connectivity index (χ4n) is 3.79. The quantitative estimate of drug-likeness (QED) is 0.505. The lowest BCUT2D eigenvalue weighted by Gasteiger charge is -2.22. The summed E-state index contributed by atoms with van der Waals surface area (Å²) in [4.78, 5) is 13.9. The van der Waals surface area contributed by atoms with Gasteiger partial charge < -0.3 is 10.2 Å². The van der Waals surface area contributed by atoms with Crippen LogP contribution in [0, 0.1) is 11.3 Å². The van der Waals surface area contributed by atoms with Crippen molar-refractivity contribution in [2.24, 2.45) is 11.3 Å². The molecule has 6 heteroatoms. The van der Waals surface area contributed by atoms with Gasteiger partial charge in [0, 0.05) is 43.0 Å². The molecule has 0 aliphatic rings. The second-order valence-corrected chi connectivity index (χ2v) is 14.6. The topological polar surface area (TPSA) is 66.5 Å². The number of hydrogen-bond acceptors (Lipinski definition) is 4. The van der Waals surface area contributed by atoms with E-state index in [0.29, 0.717) is 23.3 Å². The molecule has 0 saturated carbocycles. The van der Waals surface area contributed by atoms with Crippen LogP contribution in [0.3, 0.4) is 0 Å². The van der Waals surface area contributed by atoms with Crippen molar-refractivity contribution in [3.05, 3.63) is 36.4 Å². The van der Waals surface area contributed by atoms with E-state index in [2.05, 4.69) is 46.9 Å². The Morgan fingerprint density at radius 3 is 1.91 bits per heavy atom. The Kier molecular flexibility index (Phi) is 10.2. The Morgan fingerprint density at radius 1 is 0.912 bits per heavy atom. The van der Waals surface area contributed by atoms with Gasteiger partial charge in [0.1, 0.15) is 0 Å². The van der Waals surface area contributed by atoms with Gasteiger partial charge >= 0.3 is 0 Å². The Bertz CT molecular complexity index is 1060. The molecule has 0 aliphatic heterocycles. The van der Waals surface area contributed by atoms with E-state index in [-0.39, 0.29) is 11.3 Å². The largest absolute Gasteiger partial charge is 0.377 e. The third-order valence-electron chi connectivity index (χ3n) is 5.36. The molecule has 2 rings (SSSR count). The summed E-state index contributed by atoms with van der Waals surface area (Å²) in [5.41, 5.74) is 1.11. The minimum Gasteiger partial charge on any atom is -0.377 e. The SMILES string of the molecule is CC(C)CC(C)NC(=O)CC(C)(C)C.CN(C)c1cccc2c(S(=O)(=O)C(C)(C)C)cccc12. The van der Waals surface area contributed by atoms with Gasteiger partial charge in [-0.25, -0.2) is 8.42 Å². The molecule has 34 heavy (non-hydrogen) atoms. The zero-order valence-electron chi connectivity index (χ0n) is 23.1. The summed E-state index contributed by atoms with van der Waals surface area (Å²) in [6, 6.07) is 11.5. The summed E-state index contributed by atoms with van der Waals surface area (Å²) in [6.45, 7) is 17.9. The molecule has 0 aliphatic carbocycles. The van der Waals surface area contributed by atoms with Crippen molar-refractivity contribution in [1.82, 2.24) is 5.32 Å². The van der Waals surface area contributed by atoms with Gasteiger partial charge in [-0.2, -0.15) is 0 Å². The number of nitrogens with one attached hydrogen (secondary N) is 1. The first-order valence-corrected chi connectivity index (χ1v) is 13.6. The van der Waals surface area contributed by atoms with E-state index in [0.717, 1.165) is 22.9 Å². The van der Waals surface area contributed by atoms with Crippen LogP contribution < -0.4 is 10.2 Å². The summed E-state index contributed by atoms with van der Waals surface area (Å²) in [5, 5.41) is 4.78. The summed E-state index contributed by atoms with van der Waals surface area (Å²) in [5.74, 6) is 0.811. The van der Waals surface area contributed by atoms with Crippen molar-refractivity contribution < 1.29 is 13.2 Å². The number of carbonyl (C=O) groups excluding carboxylic acids is 1. The molecule has 0 saturated heterocycles. The van der Waals surface area contributed by atoms with Crippen LogP contribution in [0.4, 0.5) is 5.69 Å². The van der Waals surface area contributed by atoms with Gasteiger partial charge in [0.2, 0.25) is 5.91 Å². The maximum Gasteiger partial charge on any atom is 0.220 e. The lowest BCUT2D eigenvalue weighted by atomic mass is 9.91. The highest BCUT2D eigenvalue weighted by molar-refractivity contribution is 7.93. The second kappa shape index (κ2) is 11.6. The van der Waals surface area contributed by atoms with Crippen LogP contribution in [-0.4, -0.2) is 39.2 Å². The molecule has 192 valence electrons. The normalized spacial score (nSPS) is 13.3. The maximum absolute atomic E-state index is 12.7. The molecule has 0 fully saturated rings. The van der Waals surface area contributed by atoms with E-state index in [9.17, 15) is 13.2 Å². The number of benzene rings is 2.